The minimum Gasteiger partial charge on any atom is -0.496 e. The zero-order chi connectivity index (χ0) is 29.9. The van der Waals surface area contributed by atoms with E-state index in [2.05, 4.69) is 16.9 Å². The second kappa shape index (κ2) is 11.7. The lowest BCUT2D eigenvalue weighted by Gasteiger charge is -2.34. The highest BCUT2D eigenvalue weighted by Gasteiger charge is 2.41. The Hall–Kier alpha value is -3.92. The normalized spacial score (nSPS) is 13.4. The number of carbonyl (C=O) groups excluding carboxylic acids is 2. The molecule has 10 heteroatoms. The van der Waals surface area contributed by atoms with E-state index in [1.165, 1.54) is 11.7 Å². The Morgan fingerprint density at radius 1 is 1.02 bits per heavy atom. The molecule has 0 spiro atoms. The summed E-state index contributed by atoms with van der Waals surface area (Å²) in [6, 6.07) is 7.61. The van der Waals surface area contributed by atoms with E-state index in [4.69, 9.17) is 23.9 Å². The highest BCUT2D eigenvalue weighted by Crippen LogP contribution is 2.36. The molecule has 3 rings (SSSR count). The van der Waals surface area contributed by atoms with Gasteiger partial charge in [-0.1, -0.05) is 12.1 Å². The molecule has 0 bridgehead atoms. The maximum atomic E-state index is 13.5. The van der Waals surface area contributed by atoms with Crippen LogP contribution in [0, 0.1) is 6.92 Å². The molecule has 1 atom stereocenters. The quantitative estimate of drug-likeness (QED) is 0.332. The third-order valence-corrected chi connectivity index (χ3v) is 5.77. The summed E-state index contributed by atoms with van der Waals surface area (Å²) in [6.07, 6.45) is 2.00. The summed E-state index contributed by atoms with van der Waals surface area (Å²) in [7, 11) is 3.06. The number of ether oxygens (including phenoxy) is 4. The Kier molecular flexibility index (Phi) is 8.94. The maximum absolute atomic E-state index is 13.5. The SMILES string of the molecule is C=CCC(COC)(NC(=O)OC(C)(C)C)c1nc(-c2cc3ccc(C)nc3cc2OC)cn1C(=O)OC(C)(C)C. The van der Waals surface area contributed by atoms with Crippen LogP contribution in [0.5, 0.6) is 5.75 Å². The topological polar surface area (TPSA) is 114 Å². The van der Waals surface area contributed by atoms with Gasteiger partial charge in [0.25, 0.3) is 0 Å². The number of methoxy groups -OCH3 is 2. The van der Waals surface area contributed by atoms with Crippen LogP contribution in [0.25, 0.3) is 22.2 Å². The van der Waals surface area contributed by atoms with Crippen LogP contribution >= 0.6 is 0 Å². The standard InChI is InChI=1S/C30H40N4O6/c1-11-14-30(18-37-9,33-26(35)39-28(3,4)5)25-32-23(17-34(25)27(36)40-29(6,7)8)21-15-20-13-12-19(2)31-22(20)16-24(21)38-10/h11-13,15-17H,1,14,18H2,2-10H3,(H,33,35). The average Bonchev–Trinajstić information content (AvgIpc) is 3.27. The fourth-order valence-corrected chi connectivity index (χ4v) is 4.27. The lowest BCUT2D eigenvalue weighted by Crippen LogP contribution is -2.52. The molecule has 40 heavy (non-hydrogen) atoms. The van der Waals surface area contributed by atoms with Gasteiger partial charge in [0.1, 0.15) is 28.3 Å². The number of alkyl carbamates (subject to hydrolysis) is 1. The van der Waals surface area contributed by atoms with Gasteiger partial charge < -0.3 is 24.3 Å². The van der Waals surface area contributed by atoms with Crippen molar-refractivity contribution in [2.45, 2.75) is 71.6 Å². The number of nitrogens with one attached hydrogen (secondary N) is 1. The van der Waals surface area contributed by atoms with Gasteiger partial charge in [-0.25, -0.2) is 19.1 Å². The molecule has 0 aliphatic carbocycles. The molecule has 2 heterocycles. The molecule has 0 aliphatic heterocycles. The Labute approximate surface area is 235 Å². The molecule has 10 nitrogen and oxygen atoms in total. The van der Waals surface area contributed by atoms with Gasteiger partial charge in [0.05, 0.1) is 24.9 Å². The van der Waals surface area contributed by atoms with E-state index in [0.29, 0.717) is 17.0 Å². The Balaban J connectivity index is 2.29. The molecule has 1 unspecified atom stereocenters. The molecule has 0 fully saturated rings. The zero-order valence-corrected chi connectivity index (χ0v) is 24.9. The van der Waals surface area contributed by atoms with Crippen molar-refractivity contribution in [1.29, 1.82) is 0 Å². The van der Waals surface area contributed by atoms with Crippen LogP contribution < -0.4 is 10.1 Å². The van der Waals surface area contributed by atoms with Crippen molar-refractivity contribution >= 4 is 23.1 Å². The first-order chi connectivity index (χ1) is 18.6. The lowest BCUT2D eigenvalue weighted by molar-refractivity contribution is 0.0308. The van der Waals surface area contributed by atoms with Crippen molar-refractivity contribution in [3.05, 3.63) is 54.6 Å². The van der Waals surface area contributed by atoms with E-state index < -0.39 is 28.9 Å². The molecule has 1 N–H and O–H groups in total. The fraction of sp³-hybridized carbons (Fsp3) is 0.467. The summed E-state index contributed by atoms with van der Waals surface area (Å²) in [4.78, 5) is 36.1. The van der Waals surface area contributed by atoms with Crippen molar-refractivity contribution in [1.82, 2.24) is 19.9 Å². The molecule has 0 aliphatic rings. The van der Waals surface area contributed by atoms with Gasteiger partial charge in [-0.05, 0) is 67.0 Å². The summed E-state index contributed by atoms with van der Waals surface area (Å²) in [5.74, 6) is 0.709. The number of imidazole rings is 1. The number of nitrogens with zero attached hydrogens (tertiary/aromatic N) is 3. The number of hydrogen-bond donors (Lipinski definition) is 1. The Morgan fingerprint density at radius 3 is 2.27 bits per heavy atom. The van der Waals surface area contributed by atoms with Crippen LogP contribution in [0.1, 0.15) is 59.5 Å². The number of benzene rings is 1. The molecule has 1 aromatic carbocycles. The van der Waals surface area contributed by atoms with Crippen molar-refractivity contribution in [3.63, 3.8) is 0 Å². The van der Waals surface area contributed by atoms with Gasteiger partial charge in [-0.15, -0.1) is 6.58 Å². The maximum Gasteiger partial charge on any atom is 0.420 e. The highest BCUT2D eigenvalue weighted by atomic mass is 16.6. The second-order valence-electron chi connectivity index (χ2n) is 11.6. The third-order valence-electron chi connectivity index (χ3n) is 5.77. The van der Waals surface area contributed by atoms with Gasteiger partial charge in [-0.2, -0.15) is 0 Å². The molecule has 1 amide bonds. The fourth-order valence-electron chi connectivity index (χ4n) is 4.27. The molecule has 0 saturated heterocycles. The summed E-state index contributed by atoms with van der Waals surface area (Å²) >= 11 is 0. The molecular formula is C30H40N4O6. The van der Waals surface area contributed by atoms with Crippen LogP contribution in [0.4, 0.5) is 9.59 Å². The molecule has 3 aromatic rings. The summed E-state index contributed by atoms with van der Waals surface area (Å²) in [5, 5.41) is 3.77. The number of fused-ring (bicyclic) bond motifs is 1. The minimum absolute atomic E-state index is 0.0322. The largest absolute Gasteiger partial charge is 0.496 e. The Bertz CT molecular complexity index is 1400. The van der Waals surface area contributed by atoms with E-state index in [9.17, 15) is 9.59 Å². The van der Waals surface area contributed by atoms with Crippen LogP contribution in [-0.2, 0) is 19.7 Å². The van der Waals surface area contributed by atoms with E-state index in [1.807, 2.05) is 31.2 Å². The van der Waals surface area contributed by atoms with Gasteiger partial charge in [0.15, 0.2) is 0 Å². The molecule has 216 valence electrons. The Morgan fingerprint density at radius 2 is 1.70 bits per heavy atom. The first-order valence-corrected chi connectivity index (χ1v) is 13.0. The van der Waals surface area contributed by atoms with Gasteiger partial charge in [0, 0.05) is 36.0 Å². The molecule has 0 radical (unpaired) electrons. The molecule has 2 aromatic heterocycles. The number of aromatic nitrogens is 3. The minimum atomic E-state index is -1.32. The smallest absolute Gasteiger partial charge is 0.420 e. The lowest BCUT2D eigenvalue weighted by atomic mass is 9.94. The number of hydrogen-bond acceptors (Lipinski definition) is 8. The van der Waals surface area contributed by atoms with Crippen molar-refractivity contribution in [2.75, 3.05) is 20.8 Å². The van der Waals surface area contributed by atoms with E-state index in [0.717, 1.165) is 16.6 Å². The van der Waals surface area contributed by atoms with E-state index in [-0.39, 0.29) is 18.9 Å². The zero-order valence-electron chi connectivity index (χ0n) is 24.9. The van der Waals surface area contributed by atoms with Crippen molar-refractivity contribution in [3.8, 4) is 17.0 Å². The van der Waals surface area contributed by atoms with Crippen LogP contribution in [-0.4, -0.2) is 58.8 Å². The van der Waals surface area contributed by atoms with Gasteiger partial charge >= 0.3 is 12.2 Å². The average molecular weight is 553 g/mol. The van der Waals surface area contributed by atoms with E-state index >= 15 is 0 Å². The predicted molar refractivity (Wildman–Crippen MR) is 154 cm³/mol. The summed E-state index contributed by atoms with van der Waals surface area (Å²) in [5.41, 5.74) is -0.170. The second-order valence-corrected chi connectivity index (χ2v) is 11.6. The first-order valence-electron chi connectivity index (χ1n) is 13.0. The number of aryl methyl sites for hydroxylation is 1. The van der Waals surface area contributed by atoms with Gasteiger partial charge in [-0.3, -0.25) is 4.98 Å². The number of carbonyl (C=O) groups is 2. The van der Waals surface area contributed by atoms with Crippen molar-refractivity contribution in [2.24, 2.45) is 0 Å². The highest BCUT2D eigenvalue weighted by molar-refractivity contribution is 5.88. The predicted octanol–water partition coefficient (Wildman–Crippen LogP) is 6.14. The van der Waals surface area contributed by atoms with Crippen LogP contribution in [0.2, 0.25) is 0 Å². The summed E-state index contributed by atoms with van der Waals surface area (Å²) < 4.78 is 23.8. The van der Waals surface area contributed by atoms with Crippen LogP contribution in [0.3, 0.4) is 0 Å². The van der Waals surface area contributed by atoms with E-state index in [1.54, 1.807) is 60.9 Å². The third kappa shape index (κ3) is 7.18. The number of rotatable bonds is 8. The molecular weight excluding hydrogens is 512 g/mol. The first kappa shape index (κ1) is 30.6. The monoisotopic (exact) mass is 552 g/mol. The van der Waals surface area contributed by atoms with Crippen molar-refractivity contribution < 1.29 is 28.5 Å². The van der Waals surface area contributed by atoms with Crippen LogP contribution in [0.15, 0.2) is 43.1 Å². The summed E-state index contributed by atoms with van der Waals surface area (Å²) in [6.45, 7) is 16.4. The molecule has 0 saturated carbocycles. The number of amides is 1. The van der Waals surface area contributed by atoms with Gasteiger partial charge in [0.2, 0.25) is 0 Å². The number of pyridine rings is 1.